The number of nitrogens with zero attached hydrogens (tertiary/aromatic N) is 2. The van der Waals surface area contributed by atoms with Crippen molar-refractivity contribution < 1.29 is 28.5 Å². The van der Waals surface area contributed by atoms with E-state index in [0.717, 1.165) is 61.5 Å². The molecule has 0 saturated carbocycles. The number of methoxy groups -OCH3 is 1. The molecule has 0 spiro atoms. The van der Waals surface area contributed by atoms with Crippen LogP contribution in [-0.4, -0.2) is 67.0 Å². The molecule has 2 aliphatic heterocycles. The van der Waals surface area contributed by atoms with E-state index >= 15 is 0 Å². The minimum atomic E-state index is -1.02. The normalized spacial score (nSPS) is 18.2. The predicted octanol–water partition coefficient (Wildman–Crippen LogP) is 4.79. The van der Waals surface area contributed by atoms with Gasteiger partial charge in [-0.1, -0.05) is 20.3 Å². The zero-order valence-electron chi connectivity index (χ0n) is 22.0. The summed E-state index contributed by atoms with van der Waals surface area (Å²) in [6, 6.07) is 6.20. The average Bonchev–Trinajstić information content (AvgIpc) is 3.33. The second-order valence-electron chi connectivity index (χ2n) is 10.0. The summed E-state index contributed by atoms with van der Waals surface area (Å²) >= 11 is 0. The number of nitrogens with one attached hydrogen (secondary N) is 1. The molecular weight excluding hydrogens is 477 g/mol. The van der Waals surface area contributed by atoms with Crippen molar-refractivity contribution in [3.63, 3.8) is 0 Å². The van der Waals surface area contributed by atoms with E-state index in [2.05, 4.69) is 10.3 Å². The largest absolute Gasteiger partial charge is 0.493 e. The Morgan fingerprint density at radius 2 is 2.14 bits per heavy atom. The van der Waals surface area contributed by atoms with Gasteiger partial charge in [0.15, 0.2) is 23.1 Å². The van der Waals surface area contributed by atoms with Gasteiger partial charge >= 0.3 is 5.97 Å². The van der Waals surface area contributed by atoms with Gasteiger partial charge in [0.25, 0.3) is 0 Å². The molecule has 3 heterocycles. The van der Waals surface area contributed by atoms with Crippen LogP contribution in [0.15, 0.2) is 24.3 Å². The fraction of sp³-hybridized carbons (Fsp3) is 0.571. The number of rotatable bonds is 12. The highest BCUT2D eigenvalue weighted by atomic mass is 19.1. The lowest BCUT2D eigenvalue weighted by atomic mass is 9.95. The third-order valence-electron chi connectivity index (χ3n) is 7.03. The standard InChI is InChI=1S/C28H38FN3O5/c1-18(2)19-15-22(26(35-3)23(29)16-19)25(28(33)34)32-12-10-21(17-32)36-13-6-4-5-7-20-8-9-24-27(31-20)30-11-14-37-24/h8-9,15-16,18,21,25H,4-7,10-14,17H2,1-3H3,(H,30,31)(H,33,34)/t21-,25-/m1/s1. The van der Waals surface area contributed by atoms with Crippen LogP contribution in [0.1, 0.15) is 68.3 Å². The number of hydrogen-bond donors (Lipinski definition) is 2. The molecule has 0 bridgehead atoms. The Morgan fingerprint density at radius 1 is 1.30 bits per heavy atom. The van der Waals surface area contributed by atoms with Crippen LogP contribution in [0, 0.1) is 5.82 Å². The summed E-state index contributed by atoms with van der Waals surface area (Å²) in [6.45, 7) is 7.04. The van der Waals surface area contributed by atoms with Crippen molar-refractivity contribution >= 4 is 11.8 Å². The molecule has 2 atom stereocenters. The number of carboxylic acid groups (broad SMARTS) is 1. The number of anilines is 1. The zero-order chi connectivity index (χ0) is 26.4. The third-order valence-corrected chi connectivity index (χ3v) is 7.03. The zero-order valence-corrected chi connectivity index (χ0v) is 22.0. The van der Waals surface area contributed by atoms with Crippen LogP contribution in [0.3, 0.4) is 0 Å². The van der Waals surface area contributed by atoms with Crippen molar-refractivity contribution in [2.75, 3.05) is 45.3 Å². The quantitative estimate of drug-likeness (QED) is 0.390. The first-order chi connectivity index (χ1) is 17.9. The number of fused-ring (bicyclic) bond motifs is 1. The fourth-order valence-corrected chi connectivity index (χ4v) is 5.03. The van der Waals surface area contributed by atoms with Gasteiger partial charge in [-0.05, 0) is 61.4 Å². The number of hydrogen-bond acceptors (Lipinski definition) is 7. The van der Waals surface area contributed by atoms with Gasteiger partial charge in [-0.2, -0.15) is 0 Å². The molecule has 8 nitrogen and oxygen atoms in total. The first-order valence-corrected chi connectivity index (χ1v) is 13.2. The molecule has 2 aliphatic rings. The first-order valence-electron chi connectivity index (χ1n) is 13.2. The van der Waals surface area contributed by atoms with E-state index in [4.69, 9.17) is 14.2 Å². The molecule has 2 aromatic rings. The summed E-state index contributed by atoms with van der Waals surface area (Å²) in [4.78, 5) is 18.8. The molecule has 1 saturated heterocycles. The second-order valence-corrected chi connectivity index (χ2v) is 10.0. The number of ether oxygens (including phenoxy) is 3. The summed E-state index contributed by atoms with van der Waals surface area (Å²) in [5, 5.41) is 13.3. The van der Waals surface area contributed by atoms with Crippen molar-refractivity contribution in [2.24, 2.45) is 0 Å². The molecule has 202 valence electrons. The first kappa shape index (κ1) is 27.1. The van der Waals surface area contributed by atoms with Crippen LogP contribution in [0.25, 0.3) is 0 Å². The maximum Gasteiger partial charge on any atom is 0.325 e. The Hall–Kier alpha value is -2.91. The molecule has 0 unspecified atom stereocenters. The van der Waals surface area contributed by atoms with E-state index in [1.807, 2.05) is 30.9 Å². The highest BCUT2D eigenvalue weighted by Crippen LogP contribution is 2.37. The van der Waals surface area contributed by atoms with Crippen molar-refractivity contribution in [2.45, 2.75) is 64.0 Å². The Bertz CT molecular complexity index is 1080. The molecule has 0 aliphatic carbocycles. The lowest BCUT2D eigenvalue weighted by Gasteiger charge is -2.27. The number of carbonyl (C=O) groups is 1. The van der Waals surface area contributed by atoms with Crippen molar-refractivity contribution in [1.82, 2.24) is 9.88 Å². The number of pyridine rings is 1. The summed E-state index contributed by atoms with van der Waals surface area (Å²) in [6.07, 6.45) is 4.58. The Morgan fingerprint density at radius 3 is 2.89 bits per heavy atom. The van der Waals surface area contributed by atoms with E-state index in [0.29, 0.717) is 31.9 Å². The number of halogens is 1. The second kappa shape index (κ2) is 12.6. The minimum Gasteiger partial charge on any atom is -0.493 e. The molecule has 9 heteroatoms. The van der Waals surface area contributed by atoms with E-state index < -0.39 is 17.8 Å². The number of carboxylic acids is 1. The van der Waals surface area contributed by atoms with Crippen molar-refractivity contribution in [1.29, 1.82) is 0 Å². The van der Waals surface area contributed by atoms with Crippen LogP contribution < -0.4 is 14.8 Å². The summed E-state index contributed by atoms with van der Waals surface area (Å²) in [5.74, 6) is 0.160. The SMILES string of the molecule is COc1c(F)cc(C(C)C)cc1[C@H](C(=O)O)N1CC[C@@H](OCCCCCc2ccc3c(n2)NCCO3)C1. The van der Waals surface area contributed by atoms with E-state index in [9.17, 15) is 14.3 Å². The number of benzene rings is 1. The summed E-state index contributed by atoms with van der Waals surface area (Å²) < 4.78 is 31.7. The maximum atomic E-state index is 14.7. The summed E-state index contributed by atoms with van der Waals surface area (Å²) in [5.41, 5.74) is 2.16. The average molecular weight is 516 g/mol. The summed E-state index contributed by atoms with van der Waals surface area (Å²) in [7, 11) is 1.37. The van der Waals surface area contributed by atoms with Crippen LogP contribution in [-0.2, 0) is 16.0 Å². The van der Waals surface area contributed by atoms with Gasteiger partial charge in [0, 0.05) is 31.0 Å². The molecule has 1 fully saturated rings. The van der Waals surface area contributed by atoms with E-state index in [1.54, 1.807) is 6.07 Å². The monoisotopic (exact) mass is 515 g/mol. The van der Waals surface area contributed by atoms with Gasteiger partial charge in [-0.25, -0.2) is 9.37 Å². The van der Waals surface area contributed by atoms with E-state index in [1.165, 1.54) is 13.2 Å². The minimum absolute atomic E-state index is 0.00195. The molecule has 1 aromatic carbocycles. The topological polar surface area (TPSA) is 93.2 Å². The maximum absolute atomic E-state index is 14.7. The van der Waals surface area contributed by atoms with Crippen LogP contribution in [0.2, 0.25) is 0 Å². The number of likely N-dealkylation sites (tertiary alicyclic amines) is 1. The fourth-order valence-electron chi connectivity index (χ4n) is 5.03. The number of unbranched alkanes of at least 4 members (excludes halogenated alkanes) is 2. The molecule has 37 heavy (non-hydrogen) atoms. The van der Waals surface area contributed by atoms with Crippen LogP contribution in [0.4, 0.5) is 10.2 Å². The van der Waals surface area contributed by atoms with Gasteiger partial charge in [0.05, 0.1) is 19.8 Å². The van der Waals surface area contributed by atoms with Gasteiger partial charge in [0.1, 0.15) is 12.6 Å². The van der Waals surface area contributed by atoms with Gasteiger partial charge < -0.3 is 24.6 Å². The molecule has 1 aromatic heterocycles. The molecular formula is C28H38FN3O5. The number of aliphatic carboxylic acids is 1. The third kappa shape index (κ3) is 6.70. The molecule has 0 amide bonds. The lowest BCUT2D eigenvalue weighted by Crippen LogP contribution is -2.34. The predicted molar refractivity (Wildman–Crippen MR) is 139 cm³/mol. The molecule has 0 radical (unpaired) electrons. The molecule has 2 N–H and O–H groups in total. The van der Waals surface area contributed by atoms with Crippen molar-refractivity contribution in [3.05, 3.63) is 46.9 Å². The highest BCUT2D eigenvalue weighted by molar-refractivity contribution is 5.77. The van der Waals surface area contributed by atoms with Crippen molar-refractivity contribution in [3.8, 4) is 11.5 Å². The Kier molecular flexibility index (Phi) is 9.21. The number of aromatic nitrogens is 1. The van der Waals surface area contributed by atoms with Crippen LogP contribution in [0.5, 0.6) is 11.5 Å². The van der Waals surface area contributed by atoms with Gasteiger partial charge in [-0.3, -0.25) is 9.69 Å². The Balaban J connectivity index is 1.25. The smallest absolute Gasteiger partial charge is 0.325 e. The lowest BCUT2D eigenvalue weighted by molar-refractivity contribution is -0.143. The van der Waals surface area contributed by atoms with Gasteiger partial charge in [0.2, 0.25) is 0 Å². The Labute approximate surface area is 218 Å². The van der Waals surface area contributed by atoms with Crippen LogP contribution >= 0.6 is 0 Å². The molecule has 4 rings (SSSR count). The number of aryl methyl sites for hydroxylation is 1. The van der Waals surface area contributed by atoms with E-state index in [-0.39, 0.29) is 17.8 Å². The van der Waals surface area contributed by atoms with Gasteiger partial charge in [-0.15, -0.1) is 0 Å². The highest BCUT2D eigenvalue weighted by Gasteiger charge is 2.36.